The molecule has 0 unspecified atom stereocenters. The Bertz CT molecular complexity index is 761. The van der Waals surface area contributed by atoms with E-state index in [2.05, 4.69) is 6.07 Å². The van der Waals surface area contributed by atoms with Crippen LogP contribution in [0.4, 0.5) is 10.7 Å². The third-order valence-corrected chi connectivity index (χ3v) is 4.27. The van der Waals surface area contributed by atoms with Crippen molar-refractivity contribution in [3.8, 4) is 22.9 Å². The van der Waals surface area contributed by atoms with Gasteiger partial charge in [0.15, 0.2) is 6.61 Å². The Balaban J connectivity index is 2.13. The predicted octanol–water partition coefficient (Wildman–Crippen LogP) is 2.61. The molecule has 5 nitrogen and oxygen atoms in total. The Labute approximate surface area is 126 Å². The molecule has 0 spiro atoms. The molecule has 2 aromatic rings. The summed E-state index contributed by atoms with van der Waals surface area (Å²) in [5, 5.41) is 11.6. The van der Waals surface area contributed by atoms with Crippen molar-refractivity contribution in [2.45, 2.75) is 6.92 Å². The van der Waals surface area contributed by atoms with Gasteiger partial charge in [0.2, 0.25) is 0 Å². The van der Waals surface area contributed by atoms with Crippen LogP contribution in [0.3, 0.4) is 0 Å². The summed E-state index contributed by atoms with van der Waals surface area (Å²) in [6.45, 7) is 2.56. The van der Waals surface area contributed by atoms with Gasteiger partial charge in [0.1, 0.15) is 16.8 Å². The number of benzene rings is 1. The van der Waals surface area contributed by atoms with Gasteiger partial charge in [0.05, 0.1) is 11.3 Å². The molecular formula is C15H13N3O2S. The Hall–Kier alpha value is -2.52. The number of nitrogens with two attached hydrogens (primary N) is 1. The zero-order valence-electron chi connectivity index (χ0n) is 11.4. The quantitative estimate of drug-likeness (QED) is 0.924. The maximum absolute atomic E-state index is 11.9. The van der Waals surface area contributed by atoms with Crippen molar-refractivity contribution >= 4 is 27.9 Å². The molecule has 1 aromatic heterocycles. The Kier molecular flexibility index (Phi) is 3.28. The first-order valence-electron chi connectivity index (χ1n) is 6.50. The van der Waals surface area contributed by atoms with Gasteiger partial charge in [-0.05, 0) is 24.6 Å². The van der Waals surface area contributed by atoms with Crippen molar-refractivity contribution in [1.29, 1.82) is 5.26 Å². The minimum Gasteiger partial charge on any atom is -0.482 e. The lowest BCUT2D eigenvalue weighted by Crippen LogP contribution is -2.38. The number of likely N-dealkylation sites (N-methyl/N-ethyl adjacent to an activating group) is 1. The molecule has 1 aromatic carbocycles. The third-order valence-electron chi connectivity index (χ3n) is 3.46. The minimum absolute atomic E-state index is 0.0625. The molecule has 2 N–H and O–H groups in total. The smallest absolute Gasteiger partial charge is 0.265 e. The lowest BCUT2D eigenvalue weighted by Gasteiger charge is -2.28. The third kappa shape index (κ3) is 2.12. The molecule has 0 saturated heterocycles. The zero-order valence-corrected chi connectivity index (χ0v) is 12.2. The number of nitrogen functional groups attached to an aromatic ring is 1. The van der Waals surface area contributed by atoms with E-state index in [1.54, 1.807) is 4.90 Å². The molecule has 0 bridgehead atoms. The van der Waals surface area contributed by atoms with Crippen molar-refractivity contribution in [3.05, 3.63) is 29.1 Å². The summed E-state index contributed by atoms with van der Waals surface area (Å²) in [6.07, 6.45) is 0. The van der Waals surface area contributed by atoms with E-state index >= 15 is 0 Å². The first-order chi connectivity index (χ1) is 10.2. The van der Waals surface area contributed by atoms with Gasteiger partial charge < -0.3 is 15.4 Å². The number of anilines is 2. The van der Waals surface area contributed by atoms with Crippen molar-refractivity contribution in [3.63, 3.8) is 0 Å². The molecule has 6 heteroatoms. The fourth-order valence-corrected chi connectivity index (χ4v) is 3.19. The number of ether oxygens (including phenoxy) is 1. The number of nitriles is 1. The monoisotopic (exact) mass is 299 g/mol. The van der Waals surface area contributed by atoms with E-state index in [-0.39, 0.29) is 12.5 Å². The molecule has 0 aliphatic carbocycles. The number of carbonyl (C=O) groups excluding carboxylic acids is 1. The highest BCUT2D eigenvalue weighted by atomic mass is 32.1. The van der Waals surface area contributed by atoms with E-state index in [1.807, 2.05) is 30.5 Å². The van der Waals surface area contributed by atoms with Crippen LogP contribution < -0.4 is 15.4 Å². The van der Waals surface area contributed by atoms with Gasteiger partial charge in [0, 0.05) is 17.5 Å². The van der Waals surface area contributed by atoms with Crippen LogP contribution in [0.2, 0.25) is 0 Å². The van der Waals surface area contributed by atoms with Gasteiger partial charge in [0.25, 0.3) is 5.91 Å². The normalized spacial score (nSPS) is 13.5. The standard InChI is InChI=1S/C15H13N3O2S/c1-2-18-12-5-9(3-4-13(12)20-7-14(18)19)11-8-21-15(17)10(11)6-16/h3-5,8H,2,7,17H2,1H3. The molecule has 0 saturated carbocycles. The summed E-state index contributed by atoms with van der Waals surface area (Å²) in [5.74, 6) is 0.620. The van der Waals surface area contributed by atoms with Gasteiger partial charge >= 0.3 is 0 Å². The fourth-order valence-electron chi connectivity index (χ4n) is 2.42. The van der Waals surface area contributed by atoms with Crippen molar-refractivity contribution in [1.82, 2.24) is 0 Å². The van der Waals surface area contributed by atoms with Crippen LogP contribution in [0.5, 0.6) is 5.75 Å². The van der Waals surface area contributed by atoms with E-state index in [0.717, 1.165) is 16.8 Å². The number of hydrogen-bond donors (Lipinski definition) is 1. The largest absolute Gasteiger partial charge is 0.482 e. The summed E-state index contributed by atoms with van der Waals surface area (Å²) in [7, 11) is 0. The lowest BCUT2D eigenvalue weighted by atomic mass is 10.0. The number of hydrogen-bond acceptors (Lipinski definition) is 5. The second-order valence-electron chi connectivity index (χ2n) is 4.61. The number of carbonyl (C=O) groups is 1. The van der Waals surface area contributed by atoms with Crippen LogP contribution in [0.25, 0.3) is 11.1 Å². The Morgan fingerprint density at radius 3 is 3.05 bits per heavy atom. The maximum atomic E-state index is 11.9. The molecular weight excluding hydrogens is 286 g/mol. The number of nitrogens with zero attached hydrogens (tertiary/aromatic N) is 2. The Morgan fingerprint density at radius 2 is 2.33 bits per heavy atom. The first-order valence-corrected chi connectivity index (χ1v) is 7.38. The average Bonchev–Trinajstić information content (AvgIpc) is 2.87. The molecule has 1 amide bonds. The SMILES string of the molecule is CCN1C(=O)COc2ccc(-c3csc(N)c3C#N)cc21. The maximum Gasteiger partial charge on any atom is 0.265 e. The molecule has 1 aliphatic heterocycles. The predicted molar refractivity (Wildman–Crippen MR) is 82.4 cm³/mol. The second kappa shape index (κ2) is 5.11. The Morgan fingerprint density at radius 1 is 1.52 bits per heavy atom. The summed E-state index contributed by atoms with van der Waals surface area (Å²) in [5.41, 5.74) is 8.67. The molecule has 0 fully saturated rings. The van der Waals surface area contributed by atoms with E-state index in [0.29, 0.717) is 22.9 Å². The molecule has 0 atom stereocenters. The number of amides is 1. The molecule has 106 valence electrons. The van der Waals surface area contributed by atoms with Crippen LogP contribution in [0.15, 0.2) is 23.6 Å². The fraction of sp³-hybridized carbons (Fsp3) is 0.200. The van der Waals surface area contributed by atoms with Gasteiger partial charge in [-0.25, -0.2) is 0 Å². The summed E-state index contributed by atoms with van der Waals surface area (Å²) < 4.78 is 5.44. The van der Waals surface area contributed by atoms with E-state index < -0.39 is 0 Å². The molecule has 1 aliphatic rings. The van der Waals surface area contributed by atoms with Crippen LogP contribution >= 0.6 is 11.3 Å². The number of fused-ring (bicyclic) bond motifs is 1. The van der Waals surface area contributed by atoms with Crippen LogP contribution in [-0.4, -0.2) is 19.1 Å². The van der Waals surface area contributed by atoms with Crippen LogP contribution in [-0.2, 0) is 4.79 Å². The molecule has 2 heterocycles. The summed E-state index contributed by atoms with van der Waals surface area (Å²) in [6, 6.07) is 7.71. The summed E-state index contributed by atoms with van der Waals surface area (Å²) in [4.78, 5) is 13.6. The van der Waals surface area contributed by atoms with Crippen molar-refractivity contribution in [2.24, 2.45) is 0 Å². The first kappa shape index (κ1) is 13.5. The molecule has 3 rings (SSSR count). The van der Waals surface area contributed by atoms with Crippen molar-refractivity contribution in [2.75, 3.05) is 23.8 Å². The zero-order chi connectivity index (χ0) is 15.0. The van der Waals surface area contributed by atoms with Gasteiger partial charge in [-0.2, -0.15) is 5.26 Å². The van der Waals surface area contributed by atoms with Gasteiger partial charge in [-0.1, -0.05) is 6.07 Å². The van der Waals surface area contributed by atoms with E-state index in [1.165, 1.54) is 11.3 Å². The van der Waals surface area contributed by atoms with Gasteiger partial charge in [-0.3, -0.25) is 4.79 Å². The lowest BCUT2D eigenvalue weighted by molar-refractivity contribution is -0.121. The van der Waals surface area contributed by atoms with Crippen LogP contribution in [0, 0.1) is 11.3 Å². The van der Waals surface area contributed by atoms with Crippen LogP contribution in [0.1, 0.15) is 12.5 Å². The summed E-state index contributed by atoms with van der Waals surface area (Å²) >= 11 is 1.34. The van der Waals surface area contributed by atoms with Crippen molar-refractivity contribution < 1.29 is 9.53 Å². The topological polar surface area (TPSA) is 79.3 Å². The average molecular weight is 299 g/mol. The highest BCUT2D eigenvalue weighted by Crippen LogP contribution is 2.39. The molecule has 21 heavy (non-hydrogen) atoms. The second-order valence-corrected chi connectivity index (χ2v) is 5.52. The van der Waals surface area contributed by atoms with E-state index in [9.17, 15) is 10.1 Å². The number of rotatable bonds is 2. The van der Waals surface area contributed by atoms with Gasteiger partial charge in [-0.15, -0.1) is 11.3 Å². The molecule has 0 radical (unpaired) electrons. The highest BCUT2D eigenvalue weighted by molar-refractivity contribution is 7.14. The van der Waals surface area contributed by atoms with E-state index in [4.69, 9.17) is 10.5 Å². The highest BCUT2D eigenvalue weighted by Gasteiger charge is 2.25. The number of thiophene rings is 1. The minimum atomic E-state index is -0.0625.